The van der Waals surface area contributed by atoms with Gasteiger partial charge in [-0.15, -0.1) is 46.4 Å². The normalized spacial score (nSPS) is 20.1. The molecular formula is C6H10Cl4. The quantitative estimate of drug-likeness (QED) is 0.641. The fraction of sp³-hybridized carbons (Fsp3) is 1.00. The lowest BCUT2D eigenvalue weighted by Gasteiger charge is -2.16. The summed E-state index contributed by atoms with van der Waals surface area (Å²) in [4.78, 5) is 0. The highest BCUT2D eigenvalue weighted by Gasteiger charge is 2.20. The van der Waals surface area contributed by atoms with Crippen molar-refractivity contribution in [2.45, 2.75) is 29.5 Å². The van der Waals surface area contributed by atoms with Crippen LogP contribution in [0.2, 0.25) is 0 Å². The van der Waals surface area contributed by atoms with E-state index < -0.39 is 0 Å². The highest BCUT2D eigenvalue weighted by molar-refractivity contribution is 6.35. The Bertz CT molecular complexity index is 83.8. The molecule has 10 heavy (non-hydrogen) atoms. The Kier molecular flexibility index (Phi) is 6.43. The SMILES string of the molecule is CC(Cl)C(Cl)C(Cl)CCCl. The molecule has 0 nitrogen and oxygen atoms in total. The largest absolute Gasteiger partial charge is 0.127 e. The summed E-state index contributed by atoms with van der Waals surface area (Å²) in [6.45, 7) is 1.82. The molecule has 0 radical (unpaired) electrons. The molecule has 3 atom stereocenters. The van der Waals surface area contributed by atoms with Gasteiger partial charge >= 0.3 is 0 Å². The summed E-state index contributed by atoms with van der Waals surface area (Å²) in [5.41, 5.74) is 0. The van der Waals surface area contributed by atoms with Crippen LogP contribution in [0.1, 0.15) is 13.3 Å². The molecule has 3 unspecified atom stereocenters. The number of alkyl halides is 4. The maximum absolute atomic E-state index is 5.83. The molecular weight excluding hydrogens is 214 g/mol. The van der Waals surface area contributed by atoms with E-state index in [0.717, 1.165) is 0 Å². The van der Waals surface area contributed by atoms with Gasteiger partial charge in [0.15, 0.2) is 0 Å². The van der Waals surface area contributed by atoms with Gasteiger partial charge in [0.2, 0.25) is 0 Å². The first-order valence-electron chi connectivity index (χ1n) is 3.07. The molecule has 0 heterocycles. The van der Waals surface area contributed by atoms with Crippen LogP contribution in [0.15, 0.2) is 0 Å². The van der Waals surface area contributed by atoms with Gasteiger partial charge in [0.1, 0.15) is 0 Å². The van der Waals surface area contributed by atoms with Crippen LogP contribution in [0.4, 0.5) is 0 Å². The van der Waals surface area contributed by atoms with E-state index in [1.807, 2.05) is 6.92 Å². The van der Waals surface area contributed by atoms with Crippen LogP contribution in [0.5, 0.6) is 0 Å². The Balaban J connectivity index is 3.58. The van der Waals surface area contributed by atoms with Crippen molar-refractivity contribution < 1.29 is 0 Å². The summed E-state index contributed by atoms with van der Waals surface area (Å²) < 4.78 is 0. The van der Waals surface area contributed by atoms with Crippen molar-refractivity contribution in [3.63, 3.8) is 0 Å². The molecule has 0 N–H and O–H groups in total. The number of hydrogen-bond acceptors (Lipinski definition) is 0. The molecule has 0 aromatic heterocycles. The molecule has 0 aliphatic carbocycles. The zero-order valence-corrected chi connectivity index (χ0v) is 8.68. The minimum Gasteiger partial charge on any atom is -0.127 e. The van der Waals surface area contributed by atoms with Gasteiger partial charge in [-0.3, -0.25) is 0 Å². The van der Waals surface area contributed by atoms with E-state index in [1.54, 1.807) is 0 Å². The number of hydrogen-bond donors (Lipinski definition) is 0. The predicted molar refractivity (Wildman–Crippen MR) is 49.9 cm³/mol. The van der Waals surface area contributed by atoms with Gasteiger partial charge in [0, 0.05) is 11.3 Å². The highest BCUT2D eigenvalue weighted by Crippen LogP contribution is 2.20. The van der Waals surface area contributed by atoms with Crippen LogP contribution < -0.4 is 0 Å². The van der Waals surface area contributed by atoms with E-state index in [4.69, 9.17) is 46.4 Å². The second-order valence-corrected chi connectivity index (χ2v) is 4.25. The van der Waals surface area contributed by atoms with E-state index >= 15 is 0 Å². The second kappa shape index (κ2) is 5.77. The first kappa shape index (κ1) is 11.2. The van der Waals surface area contributed by atoms with Gasteiger partial charge in [0.05, 0.1) is 10.8 Å². The fourth-order valence-corrected chi connectivity index (χ4v) is 1.60. The molecule has 0 saturated carbocycles. The lowest BCUT2D eigenvalue weighted by atomic mass is 10.2. The Morgan fingerprint density at radius 3 is 2.00 bits per heavy atom. The minimum absolute atomic E-state index is 0.104. The van der Waals surface area contributed by atoms with Crippen LogP contribution in [-0.4, -0.2) is 22.0 Å². The summed E-state index contributed by atoms with van der Waals surface area (Å²) in [5, 5.41) is -0.416. The molecule has 0 saturated heterocycles. The van der Waals surface area contributed by atoms with E-state index in [1.165, 1.54) is 0 Å². The van der Waals surface area contributed by atoms with Crippen molar-refractivity contribution in [3.8, 4) is 0 Å². The first-order chi connectivity index (χ1) is 4.59. The average Bonchev–Trinajstić information content (AvgIpc) is 1.87. The molecule has 0 amide bonds. The van der Waals surface area contributed by atoms with Gasteiger partial charge in [-0.05, 0) is 13.3 Å². The lowest BCUT2D eigenvalue weighted by Crippen LogP contribution is -2.23. The van der Waals surface area contributed by atoms with Crippen molar-refractivity contribution in [2.24, 2.45) is 0 Å². The van der Waals surface area contributed by atoms with Crippen LogP contribution >= 0.6 is 46.4 Å². The smallest absolute Gasteiger partial charge is 0.0660 e. The Morgan fingerprint density at radius 1 is 1.20 bits per heavy atom. The highest BCUT2D eigenvalue weighted by atomic mass is 35.5. The third-order valence-electron chi connectivity index (χ3n) is 1.17. The van der Waals surface area contributed by atoms with Crippen molar-refractivity contribution >= 4 is 46.4 Å². The van der Waals surface area contributed by atoms with Gasteiger partial charge in [-0.1, -0.05) is 0 Å². The molecule has 0 rings (SSSR count). The van der Waals surface area contributed by atoms with Crippen LogP contribution in [0, 0.1) is 0 Å². The van der Waals surface area contributed by atoms with Gasteiger partial charge in [-0.2, -0.15) is 0 Å². The Hall–Kier alpha value is 1.16. The zero-order chi connectivity index (χ0) is 8.15. The Labute approximate surface area is 81.8 Å². The fourth-order valence-electron chi connectivity index (χ4n) is 0.551. The molecule has 0 aliphatic heterocycles. The van der Waals surface area contributed by atoms with Crippen LogP contribution in [0.25, 0.3) is 0 Å². The van der Waals surface area contributed by atoms with Crippen molar-refractivity contribution in [1.29, 1.82) is 0 Å². The first-order valence-corrected chi connectivity index (χ1v) is 4.92. The molecule has 0 aromatic carbocycles. The van der Waals surface area contributed by atoms with E-state index in [0.29, 0.717) is 12.3 Å². The molecule has 0 bridgehead atoms. The topological polar surface area (TPSA) is 0 Å². The number of rotatable bonds is 4. The maximum Gasteiger partial charge on any atom is 0.0660 e. The van der Waals surface area contributed by atoms with Crippen LogP contribution in [0.3, 0.4) is 0 Å². The molecule has 0 fully saturated rings. The second-order valence-electron chi connectivity index (χ2n) is 2.12. The minimum atomic E-state index is -0.193. The molecule has 0 aliphatic rings. The van der Waals surface area contributed by atoms with E-state index in [2.05, 4.69) is 0 Å². The van der Waals surface area contributed by atoms with Gasteiger partial charge < -0.3 is 0 Å². The molecule has 0 spiro atoms. The van der Waals surface area contributed by atoms with E-state index in [-0.39, 0.29) is 16.1 Å². The molecule has 0 aromatic rings. The summed E-state index contributed by atoms with van der Waals surface area (Å²) in [6.07, 6.45) is 0.703. The maximum atomic E-state index is 5.83. The summed E-state index contributed by atoms with van der Waals surface area (Å²) in [7, 11) is 0. The lowest BCUT2D eigenvalue weighted by molar-refractivity contribution is 0.729. The molecule has 4 heteroatoms. The third kappa shape index (κ3) is 4.12. The summed E-state index contributed by atoms with van der Waals surface area (Å²) in [5.74, 6) is 0.529. The zero-order valence-electron chi connectivity index (χ0n) is 5.66. The summed E-state index contributed by atoms with van der Waals surface area (Å²) in [6, 6.07) is 0. The Morgan fingerprint density at radius 2 is 1.70 bits per heavy atom. The monoisotopic (exact) mass is 222 g/mol. The third-order valence-corrected chi connectivity index (χ3v) is 3.09. The molecule has 62 valence electrons. The summed E-state index contributed by atoms with van der Waals surface area (Å²) >= 11 is 22.8. The van der Waals surface area contributed by atoms with Gasteiger partial charge in [0.25, 0.3) is 0 Å². The van der Waals surface area contributed by atoms with Crippen molar-refractivity contribution in [2.75, 3.05) is 5.88 Å². The number of halogens is 4. The van der Waals surface area contributed by atoms with Gasteiger partial charge in [-0.25, -0.2) is 0 Å². The standard InChI is InChI=1S/C6H10Cl4/c1-4(8)6(10)5(9)2-3-7/h4-6H,2-3H2,1H3. The van der Waals surface area contributed by atoms with Crippen molar-refractivity contribution in [3.05, 3.63) is 0 Å². The van der Waals surface area contributed by atoms with E-state index in [9.17, 15) is 0 Å². The average molecular weight is 224 g/mol. The van der Waals surface area contributed by atoms with Crippen molar-refractivity contribution in [1.82, 2.24) is 0 Å². The predicted octanol–water partition coefficient (Wildman–Crippen LogP) is 3.46. The van der Waals surface area contributed by atoms with Crippen LogP contribution in [-0.2, 0) is 0 Å².